The molecule has 0 saturated heterocycles. The predicted molar refractivity (Wildman–Crippen MR) is 86.7 cm³/mol. The number of ether oxygens (including phenoxy) is 2. The first-order valence-corrected chi connectivity index (χ1v) is 7.48. The van der Waals surface area contributed by atoms with Gasteiger partial charge in [-0.25, -0.2) is 4.79 Å². The third-order valence-electron chi connectivity index (χ3n) is 3.11. The molecule has 122 valence electrons. The fourth-order valence-corrected chi connectivity index (χ4v) is 1.93. The largest absolute Gasteiger partial charge is 0.447 e. The van der Waals surface area contributed by atoms with Crippen LogP contribution in [0.3, 0.4) is 0 Å². The van der Waals surface area contributed by atoms with Gasteiger partial charge in [0.15, 0.2) is 0 Å². The van der Waals surface area contributed by atoms with E-state index in [4.69, 9.17) is 9.47 Å². The van der Waals surface area contributed by atoms with Crippen molar-refractivity contribution in [3.63, 3.8) is 0 Å². The number of aliphatic hydroxyl groups is 1. The number of hydrogen-bond donors (Lipinski definition) is 2. The number of nitrogens with one attached hydrogen (secondary N) is 1. The molecule has 5 nitrogen and oxygen atoms in total. The maximum atomic E-state index is 11.5. The minimum absolute atomic E-state index is 0.102. The molecule has 5 heteroatoms. The first kappa shape index (κ1) is 17.0. The van der Waals surface area contributed by atoms with E-state index in [9.17, 15) is 9.90 Å². The second-order valence-electron chi connectivity index (χ2n) is 5.09. The van der Waals surface area contributed by atoms with Crippen LogP contribution in [-0.4, -0.2) is 30.5 Å². The minimum Gasteiger partial charge on any atom is -0.447 e. The van der Waals surface area contributed by atoms with E-state index in [1.807, 2.05) is 60.7 Å². The molecule has 2 N–H and O–H groups in total. The van der Waals surface area contributed by atoms with Crippen molar-refractivity contribution in [1.82, 2.24) is 5.32 Å². The maximum absolute atomic E-state index is 11.5. The van der Waals surface area contributed by atoms with Gasteiger partial charge in [-0.05, 0) is 11.1 Å². The second-order valence-corrected chi connectivity index (χ2v) is 5.09. The Morgan fingerprint density at radius 3 is 2.22 bits per heavy atom. The molecule has 1 unspecified atom stereocenters. The standard InChI is InChI=1S/C18H21NO4/c20-17(13-22-12-16-9-5-2-6-10-16)14-23-18(21)19-11-15-7-3-1-4-8-15/h1-10,17,20H,11-14H2,(H,19,21). The van der Waals surface area contributed by atoms with Gasteiger partial charge >= 0.3 is 6.09 Å². The Kier molecular flexibility index (Phi) is 7.10. The van der Waals surface area contributed by atoms with Gasteiger partial charge in [0.1, 0.15) is 12.7 Å². The summed E-state index contributed by atoms with van der Waals surface area (Å²) >= 11 is 0. The summed E-state index contributed by atoms with van der Waals surface area (Å²) < 4.78 is 10.3. The Bertz CT molecular complexity index is 574. The van der Waals surface area contributed by atoms with Gasteiger partial charge in [-0.2, -0.15) is 0 Å². The first-order chi connectivity index (χ1) is 11.2. The van der Waals surface area contributed by atoms with Crippen LogP contribution in [0.5, 0.6) is 0 Å². The molecule has 1 atom stereocenters. The van der Waals surface area contributed by atoms with Gasteiger partial charge in [-0.15, -0.1) is 0 Å². The SMILES string of the molecule is O=C(NCc1ccccc1)OCC(O)COCc1ccccc1. The Balaban J connectivity index is 1.56. The number of hydrogen-bond acceptors (Lipinski definition) is 4. The average Bonchev–Trinajstić information content (AvgIpc) is 2.60. The van der Waals surface area contributed by atoms with E-state index in [1.165, 1.54) is 0 Å². The zero-order valence-corrected chi connectivity index (χ0v) is 12.9. The summed E-state index contributed by atoms with van der Waals surface area (Å²) in [5.74, 6) is 0. The van der Waals surface area contributed by atoms with E-state index in [2.05, 4.69) is 5.32 Å². The van der Waals surface area contributed by atoms with Crippen LogP contribution in [0.15, 0.2) is 60.7 Å². The summed E-state index contributed by atoms with van der Waals surface area (Å²) in [6.07, 6.45) is -1.41. The third-order valence-corrected chi connectivity index (χ3v) is 3.11. The third kappa shape index (κ3) is 6.95. The summed E-state index contributed by atoms with van der Waals surface area (Å²) in [5.41, 5.74) is 2.01. The van der Waals surface area contributed by atoms with Crippen LogP contribution in [-0.2, 0) is 22.6 Å². The minimum atomic E-state index is -0.846. The zero-order chi connectivity index (χ0) is 16.3. The quantitative estimate of drug-likeness (QED) is 0.785. The smallest absolute Gasteiger partial charge is 0.407 e. The van der Waals surface area contributed by atoms with Gasteiger partial charge in [0, 0.05) is 6.54 Å². The van der Waals surface area contributed by atoms with Gasteiger partial charge in [0.05, 0.1) is 13.2 Å². The Morgan fingerprint density at radius 1 is 0.957 bits per heavy atom. The van der Waals surface area contributed by atoms with Gasteiger partial charge in [0.2, 0.25) is 0 Å². The molecule has 0 aliphatic carbocycles. The highest BCUT2D eigenvalue weighted by atomic mass is 16.6. The number of aliphatic hydroxyl groups excluding tert-OH is 1. The van der Waals surface area contributed by atoms with Crippen LogP contribution >= 0.6 is 0 Å². The molecule has 0 aliphatic heterocycles. The van der Waals surface area contributed by atoms with Crippen LogP contribution in [0.1, 0.15) is 11.1 Å². The van der Waals surface area contributed by atoms with Crippen molar-refractivity contribution < 1.29 is 19.4 Å². The normalized spacial score (nSPS) is 11.7. The van der Waals surface area contributed by atoms with Crippen molar-refractivity contribution in [3.8, 4) is 0 Å². The van der Waals surface area contributed by atoms with E-state index in [1.54, 1.807) is 0 Å². The monoisotopic (exact) mass is 315 g/mol. The summed E-state index contributed by atoms with van der Waals surface area (Å²) in [6.45, 7) is 0.814. The van der Waals surface area contributed by atoms with Gasteiger partial charge in [-0.1, -0.05) is 60.7 Å². The Hall–Kier alpha value is -2.37. The summed E-state index contributed by atoms with van der Waals surface area (Å²) in [7, 11) is 0. The number of carbonyl (C=O) groups is 1. The molecular weight excluding hydrogens is 294 g/mol. The topological polar surface area (TPSA) is 67.8 Å². The van der Waals surface area contributed by atoms with Crippen molar-refractivity contribution in [1.29, 1.82) is 0 Å². The molecule has 2 aromatic rings. The van der Waals surface area contributed by atoms with E-state index in [0.29, 0.717) is 13.2 Å². The summed E-state index contributed by atoms with van der Waals surface area (Å²) in [5, 5.41) is 12.4. The molecule has 0 saturated carbocycles. The average molecular weight is 315 g/mol. The number of rotatable bonds is 8. The molecule has 1 amide bonds. The number of alkyl carbamates (subject to hydrolysis) is 1. The molecule has 0 aliphatic rings. The lowest BCUT2D eigenvalue weighted by Crippen LogP contribution is -2.29. The van der Waals surface area contributed by atoms with Gasteiger partial charge in [-0.3, -0.25) is 0 Å². The highest BCUT2D eigenvalue weighted by molar-refractivity contribution is 5.67. The maximum Gasteiger partial charge on any atom is 0.407 e. The molecule has 0 aromatic heterocycles. The molecule has 0 fully saturated rings. The van der Waals surface area contributed by atoms with Crippen molar-refractivity contribution in [2.75, 3.05) is 13.2 Å². The molecule has 0 heterocycles. The zero-order valence-electron chi connectivity index (χ0n) is 12.9. The predicted octanol–water partition coefficient (Wildman–Crippen LogP) is 2.49. The van der Waals surface area contributed by atoms with E-state index in [-0.39, 0.29) is 13.2 Å². The van der Waals surface area contributed by atoms with E-state index in [0.717, 1.165) is 11.1 Å². The first-order valence-electron chi connectivity index (χ1n) is 7.48. The fraction of sp³-hybridized carbons (Fsp3) is 0.278. The molecule has 2 rings (SSSR count). The summed E-state index contributed by atoms with van der Waals surface area (Å²) in [4.78, 5) is 11.5. The number of benzene rings is 2. The van der Waals surface area contributed by atoms with Gasteiger partial charge < -0.3 is 19.9 Å². The van der Waals surface area contributed by atoms with Crippen LogP contribution in [0.2, 0.25) is 0 Å². The lowest BCUT2D eigenvalue weighted by atomic mass is 10.2. The summed E-state index contributed by atoms with van der Waals surface area (Å²) in [6, 6.07) is 19.2. The molecule has 0 bridgehead atoms. The molecule has 0 spiro atoms. The lowest BCUT2D eigenvalue weighted by Gasteiger charge is -2.12. The molecule has 2 aromatic carbocycles. The molecule has 23 heavy (non-hydrogen) atoms. The second kappa shape index (κ2) is 9.61. The van der Waals surface area contributed by atoms with Crippen molar-refractivity contribution in [3.05, 3.63) is 71.8 Å². The number of amides is 1. The van der Waals surface area contributed by atoms with Gasteiger partial charge in [0.25, 0.3) is 0 Å². The van der Waals surface area contributed by atoms with Crippen LogP contribution in [0, 0.1) is 0 Å². The molecule has 0 radical (unpaired) electrons. The highest BCUT2D eigenvalue weighted by Gasteiger charge is 2.09. The Morgan fingerprint density at radius 2 is 1.57 bits per heavy atom. The van der Waals surface area contributed by atoms with E-state index >= 15 is 0 Å². The van der Waals surface area contributed by atoms with Crippen molar-refractivity contribution >= 4 is 6.09 Å². The molecular formula is C18H21NO4. The highest BCUT2D eigenvalue weighted by Crippen LogP contribution is 2.01. The van der Waals surface area contributed by atoms with E-state index < -0.39 is 12.2 Å². The van der Waals surface area contributed by atoms with Crippen LogP contribution < -0.4 is 5.32 Å². The lowest BCUT2D eigenvalue weighted by molar-refractivity contribution is -0.00559. The van der Waals surface area contributed by atoms with Crippen LogP contribution in [0.4, 0.5) is 4.79 Å². The number of carbonyl (C=O) groups excluding carboxylic acids is 1. The van der Waals surface area contributed by atoms with Crippen molar-refractivity contribution in [2.45, 2.75) is 19.3 Å². The van der Waals surface area contributed by atoms with Crippen molar-refractivity contribution in [2.24, 2.45) is 0 Å². The Labute approximate surface area is 135 Å². The fourth-order valence-electron chi connectivity index (χ4n) is 1.93. The van der Waals surface area contributed by atoms with Crippen LogP contribution in [0.25, 0.3) is 0 Å².